The third-order valence-corrected chi connectivity index (χ3v) is 4.74. The van der Waals surface area contributed by atoms with Crippen molar-refractivity contribution in [2.75, 3.05) is 6.61 Å². The Balaban J connectivity index is 2.92. The van der Waals surface area contributed by atoms with Crippen LogP contribution in [0.4, 0.5) is 0 Å². The predicted molar refractivity (Wildman–Crippen MR) is 69.8 cm³/mol. The number of ether oxygens (including phenoxy) is 1. The Morgan fingerprint density at radius 2 is 1.88 bits per heavy atom. The molecule has 0 bridgehead atoms. The van der Waals surface area contributed by atoms with Crippen molar-refractivity contribution in [2.24, 2.45) is 5.92 Å². The first-order valence-corrected chi connectivity index (χ1v) is 9.19. The Bertz CT molecular complexity index is 333. The molecule has 0 aromatic rings. The van der Waals surface area contributed by atoms with Gasteiger partial charge >= 0.3 is 5.97 Å². The van der Waals surface area contributed by atoms with Gasteiger partial charge in [-0.15, -0.1) is 0 Å². The molecule has 1 rings (SSSR count). The lowest BCUT2D eigenvalue weighted by molar-refractivity contribution is -0.137. The van der Waals surface area contributed by atoms with Crippen molar-refractivity contribution < 1.29 is 9.53 Å². The molecule has 0 fully saturated rings. The molecule has 1 aliphatic carbocycles. The molecule has 0 atom stereocenters. The van der Waals surface area contributed by atoms with Crippen molar-refractivity contribution in [1.29, 1.82) is 0 Å². The lowest BCUT2D eigenvalue weighted by atomic mass is 10.1. The highest BCUT2D eigenvalue weighted by Crippen LogP contribution is 2.27. The normalized spacial score (nSPS) is 16.9. The lowest BCUT2D eigenvalue weighted by Gasteiger charge is -2.24. The van der Waals surface area contributed by atoms with Crippen molar-refractivity contribution in [3.05, 3.63) is 35.6 Å². The van der Waals surface area contributed by atoms with E-state index in [2.05, 4.69) is 31.8 Å². The van der Waals surface area contributed by atoms with E-state index < -0.39 is 8.07 Å². The van der Waals surface area contributed by atoms with E-state index in [0.29, 0.717) is 6.61 Å². The van der Waals surface area contributed by atoms with Crippen LogP contribution < -0.4 is 0 Å². The van der Waals surface area contributed by atoms with E-state index in [1.165, 1.54) is 5.20 Å². The van der Waals surface area contributed by atoms with Gasteiger partial charge in [0.05, 0.1) is 14.7 Å². The second-order valence-corrected chi connectivity index (χ2v) is 9.97. The van der Waals surface area contributed by atoms with Crippen LogP contribution in [-0.2, 0) is 9.53 Å². The molecule has 0 saturated carbocycles. The number of hydrogen-bond acceptors (Lipinski definition) is 2. The predicted octanol–water partition coefficient (Wildman–Crippen LogP) is 3.10. The molecule has 0 aromatic heterocycles. The van der Waals surface area contributed by atoms with E-state index in [-0.39, 0.29) is 11.9 Å². The Morgan fingerprint density at radius 1 is 1.31 bits per heavy atom. The topological polar surface area (TPSA) is 26.3 Å². The minimum Gasteiger partial charge on any atom is -0.463 e. The van der Waals surface area contributed by atoms with E-state index in [9.17, 15) is 4.79 Å². The monoisotopic (exact) mass is 236 g/mol. The zero-order valence-corrected chi connectivity index (χ0v) is 11.5. The molecule has 0 radical (unpaired) electrons. The highest BCUT2D eigenvalue weighted by atomic mass is 28.3. The van der Waals surface area contributed by atoms with Crippen LogP contribution in [0.2, 0.25) is 19.6 Å². The minimum absolute atomic E-state index is 0.214. The fraction of sp³-hybridized carbons (Fsp3) is 0.462. The van der Waals surface area contributed by atoms with Crippen LogP contribution in [0, 0.1) is 5.92 Å². The van der Waals surface area contributed by atoms with Gasteiger partial charge in [0.2, 0.25) is 0 Å². The summed E-state index contributed by atoms with van der Waals surface area (Å²) in [6, 6.07) is 0. The van der Waals surface area contributed by atoms with Crippen molar-refractivity contribution in [2.45, 2.75) is 26.6 Å². The number of allylic oxidation sites excluding steroid dienone is 5. The number of hydrogen-bond donors (Lipinski definition) is 0. The lowest BCUT2D eigenvalue weighted by Crippen LogP contribution is -2.28. The Labute approximate surface area is 98.7 Å². The van der Waals surface area contributed by atoms with Crippen LogP contribution in [0.3, 0.4) is 0 Å². The fourth-order valence-corrected chi connectivity index (χ4v) is 3.51. The van der Waals surface area contributed by atoms with Crippen LogP contribution in [0.25, 0.3) is 0 Å². The molecule has 1 aliphatic rings. The average molecular weight is 236 g/mol. The summed E-state index contributed by atoms with van der Waals surface area (Å²) in [5.74, 6) is 0.0738. The Kier molecular flexibility index (Phi) is 4.30. The van der Waals surface area contributed by atoms with Gasteiger partial charge in [0.25, 0.3) is 0 Å². The van der Waals surface area contributed by atoms with Crippen LogP contribution in [-0.4, -0.2) is 20.7 Å². The van der Waals surface area contributed by atoms with Gasteiger partial charge in [0.1, 0.15) is 0 Å². The fourth-order valence-electron chi connectivity index (χ4n) is 1.76. The van der Waals surface area contributed by atoms with Gasteiger partial charge < -0.3 is 4.74 Å². The van der Waals surface area contributed by atoms with E-state index in [1.54, 1.807) is 6.08 Å². The van der Waals surface area contributed by atoms with Crippen molar-refractivity contribution >= 4 is 14.0 Å². The van der Waals surface area contributed by atoms with Gasteiger partial charge in [0.15, 0.2) is 0 Å². The van der Waals surface area contributed by atoms with Crippen LogP contribution in [0.1, 0.15) is 6.92 Å². The van der Waals surface area contributed by atoms with Gasteiger partial charge in [-0.3, -0.25) is 0 Å². The highest BCUT2D eigenvalue weighted by molar-refractivity contribution is 6.83. The summed E-state index contributed by atoms with van der Waals surface area (Å²) >= 11 is 0. The van der Waals surface area contributed by atoms with Gasteiger partial charge in [0, 0.05) is 12.0 Å². The number of esters is 1. The average Bonchev–Trinajstić information content (AvgIpc) is 2.65. The van der Waals surface area contributed by atoms with E-state index in [4.69, 9.17) is 4.74 Å². The van der Waals surface area contributed by atoms with Gasteiger partial charge in [-0.25, -0.2) is 4.79 Å². The van der Waals surface area contributed by atoms with Crippen molar-refractivity contribution in [1.82, 2.24) is 0 Å². The maximum atomic E-state index is 11.5. The molecule has 0 amide bonds. The van der Waals surface area contributed by atoms with Gasteiger partial charge in [-0.1, -0.05) is 49.1 Å². The molecule has 0 heterocycles. The zero-order chi connectivity index (χ0) is 12.2. The van der Waals surface area contributed by atoms with E-state index >= 15 is 0 Å². The Morgan fingerprint density at radius 3 is 2.31 bits per heavy atom. The molecule has 16 heavy (non-hydrogen) atoms. The van der Waals surface area contributed by atoms with Crippen molar-refractivity contribution in [3.63, 3.8) is 0 Å². The summed E-state index contributed by atoms with van der Waals surface area (Å²) in [6.45, 7) is 9.01. The summed E-state index contributed by atoms with van der Waals surface area (Å²) in [7, 11) is -1.49. The van der Waals surface area contributed by atoms with Crippen LogP contribution in [0.5, 0.6) is 0 Å². The third-order valence-electron chi connectivity index (χ3n) is 2.53. The molecular formula is C13H20O2Si. The molecule has 0 aromatic carbocycles. The maximum absolute atomic E-state index is 11.5. The second kappa shape index (κ2) is 5.30. The molecule has 2 nitrogen and oxygen atoms in total. The molecule has 0 unspecified atom stereocenters. The standard InChI is InChI=1S/C13H20O2Si/c1-5-15-13(14)10-12(16(2,3)4)11-8-6-7-9-11/h6-11H,5H2,1-4H3/b12-10-. The SMILES string of the molecule is CCOC(=O)/C=C(/C1C=CC=C1)[Si](C)(C)C. The first-order valence-electron chi connectivity index (χ1n) is 5.69. The number of carbonyl (C=O) groups excluding carboxylic acids is 1. The smallest absolute Gasteiger partial charge is 0.330 e. The number of carbonyl (C=O) groups is 1. The molecule has 0 N–H and O–H groups in total. The molecule has 88 valence electrons. The summed E-state index contributed by atoms with van der Waals surface area (Å²) in [5.41, 5.74) is 0. The van der Waals surface area contributed by atoms with Crippen molar-refractivity contribution in [3.8, 4) is 0 Å². The second-order valence-electron chi connectivity index (χ2n) is 4.90. The first-order chi connectivity index (χ1) is 7.45. The quantitative estimate of drug-likeness (QED) is 0.426. The van der Waals surface area contributed by atoms with E-state index in [0.717, 1.165) is 0 Å². The van der Waals surface area contributed by atoms with Crippen LogP contribution >= 0.6 is 0 Å². The van der Waals surface area contributed by atoms with Gasteiger partial charge in [-0.2, -0.15) is 0 Å². The summed E-state index contributed by atoms with van der Waals surface area (Å²) in [5, 5.41) is 1.23. The zero-order valence-electron chi connectivity index (χ0n) is 10.5. The molecule has 0 saturated heterocycles. The largest absolute Gasteiger partial charge is 0.463 e. The highest BCUT2D eigenvalue weighted by Gasteiger charge is 2.26. The van der Waals surface area contributed by atoms with E-state index in [1.807, 2.05) is 19.1 Å². The van der Waals surface area contributed by atoms with Gasteiger partial charge in [-0.05, 0) is 6.92 Å². The summed E-state index contributed by atoms with van der Waals surface area (Å²) in [4.78, 5) is 11.5. The third kappa shape index (κ3) is 3.49. The molecule has 3 heteroatoms. The summed E-state index contributed by atoms with van der Waals surface area (Å²) in [6.07, 6.45) is 10.0. The Hall–Kier alpha value is -1.09. The molecule has 0 spiro atoms. The molecular weight excluding hydrogens is 216 g/mol. The minimum atomic E-state index is -1.49. The number of rotatable bonds is 4. The maximum Gasteiger partial charge on any atom is 0.330 e. The first kappa shape index (κ1) is 13.0. The molecule has 0 aliphatic heterocycles. The summed E-state index contributed by atoms with van der Waals surface area (Å²) < 4.78 is 4.99. The van der Waals surface area contributed by atoms with Crippen LogP contribution in [0.15, 0.2) is 35.6 Å².